The molecule has 2 aliphatic heterocycles. The number of halogens is 4. The molecule has 0 aliphatic carbocycles. The van der Waals surface area contributed by atoms with Crippen LogP contribution in [0.5, 0.6) is 0 Å². The van der Waals surface area contributed by atoms with Crippen molar-refractivity contribution >= 4 is 5.91 Å². The summed E-state index contributed by atoms with van der Waals surface area (Å²) in [6.07, 6.45) is 6.20. The molecule has 1 saturated heterocycles. The summed E-state index contributed by atoms with van der Waals surface area (Å²) in [6, 6.07) is 6.27. The van der Waals surface area contributed by atoms with Gasteiger partial charge in [-0.1, -0.05) is 18.2 Å². The number of fused-ring (bicyclic) bond motifs is 1. The van der Waals surface area contributed by atoms with Crippen molar-refractivity contribution in [1.29, 1.82) is 0 Å². The maximum atomic E-state index is 14.4. The molecule has 2 heterocycles. The Bertz CT molecular complexity index is 948. The van der Waals surface area contributed by atoms with Crippen molar-refractivity contribution < 1.29 is 22.4 Å². The van der Waals surface area contributed by atoms with E-state index in [1.54, 1.807) is 29.3 Å². The van der Waals surface area contributed by atoms with E-state index in [1.807, 2.05) is 0 Å². The fraction of sp³-hybridized carbons (Fsp3) is 0.190. The molecular weight excluding hydrogens is 372 g/mol. The van der Waals surface area contributed by atoms with E-state index in [2.05, 4.69) is 5.32 Å². The molecule has 7 heteroatoms. The Balaban J connectivity index is 1.80. The Labute approximate surface area is 159 Å². The molecule has 2 aliphatic rings. The maximum absolute atomic E-state index is 14.4. The van der Waals surface area contributed by atoms with Crippen molar-refractivity contribution in [3.8, 4) is 0 Å². The molecule has 0 bridgehead atoms. The number of rotatable bonds is 4. The zero-order chi connectivity index (χ0) is 19.9. The van der Waals surface area contributed by atoms with Crippen LogP contribution in [0.4, 0.5) is 17.6 Å². The van der Waals surface area contributed by atoms with Crippen molar-refractivity contribution in [3.63, 3.8) is 0 Å². The predicted molar refractivity (Wildman–Crippen MR) is 94.9 cm³/mol. The van der Waals surface area contributed by atoms with E-state index in [4.69, 9.17) is 0 Å². The molecule has 28 heavy (non-hydrogen) atoms. The number of benzene rings is 2. The number of amides is 1. The zero-order valence-electron chi connectivity index (χ0n) is 14.6. The van der Waals surface area contributed by atoms with Crippen LogP contribution in [0, 0.1) is 23.3 Å². The van der Waals surface area contributed by atoms with E-state index in [0.717, 1.165) is 24.3 Å². The first kappa shape index (κ1) is 18.3. The van der Waals surface area contributed by atoms with E-state index >= 15 is 0 Å². The first-order chi connectivity index (χ1) is 13.4. The largest absolute Gasteiger partial charge is 0.339 e. The number of nitrogens with one attached hydrogen (secondary N) is 1. The lowest BCUT2D eigenvalue weighted by Gasteiger charge is -2.38. The van der Waals surface area contributed by atoms with Gasteiger partial charge in [0.2, 0.25) is 5.91 Å². The lowest BCUT2D eigenvalue weighted by Crippen LogP contribution is -2.52. The van der Waals surface area contributed by atoms with Crippen molar-refractivity contribution in [2.75, 3.05) is 0 Å². The molecule has 3 nitrogen and oxygen atoms in total. The van der Waals surface area contributed by atoms with Gasteiger partial charge in [-0.2, -0.15) is 0 Å². The minimum absolute atomic E-state index is 0.115. The van der Waals surface area contributed by atoms with Crippen LogP contribution in [-0.4, -0.2) is 22.5 Å². The van der Waals surface area contributed by atoms with Crippen LogP contribution < -0.4 is 5.32 Å². The van der Waals surface area contributed by atoms with Crippen LogP contribution in [0.3, 0.4) is 0 Å². The maximum Gasteiger partial charge on any atom is 0.248 e. The smallest absolute Gasteiger partial charge is 0.248 e. The van der Waals surface area contributed by atoms with Crippen LogP contribution in [0.2, 0.25) is 0 Å². The standard InChI is InChI=1S/C21H16F4N2O/c22-15-6-4-13(17(24)9-15)11-21(12-14-5-7-16(23)10-18(14)25)20(28)26-19-3-1-2-8-27(19)21/h1-10,19H,11-12H2,(H,26,28). The van der Waals surface area contributed by atoms with Gasteiger partial charge in [-0.25, -0.2) is 17.6 Å². The highest BCUT2D eigenvalue weighted by Crippen LogP contribution is 2.35. The minimum Gasteiger partial charge on any atom is -0.339 e. The van der Waals surface area contributed by atoms with Crippen molar-refractivity contribution in [3.05, 3.63) is 95.2 Å². The van der Waals surface area contributed by atoms with E-state index in [0.29, 0.717) is 0 Å². The van der Waals surface area contributed by atoms with Gasteiger partial charge in [-0.3, -0.25) is 4.79 Å². The third-order valence-electron chi connectivity index (χ3n) is 5.14. The van der Waals surface area contributed by atoms with Crippen LogP contribution >= 0.6 is 0 Å². The summed E-state index contributed by atoms with van der Waals surface area (Å²) in [5.74, 6) is -3.44. The van der Waals surface area contributed by atoms with Gasteiger partial charge in [0.15, 0.2) is 0 Å². The third-order valence-corrected chi connectivity index (χ3v) is 5.14. The summed E-state index contributed by atoms with van der Waals surface area (Å²) in [5.41, 5.74) is -1.10. The summed E-state index contributed by atoms with van der Waals surface area (Å²) < 4.78 is 55.3. The second-order valence-electron chi connectivity index (χ2n) is 6.91. The summed E-state index contributed by atoms with van der Waals surface area (Å²) in [5, 5.41) is 2.80. The quantitative estimate of drug-likeness (QED) is 0.812. The summed E-state index contributed by atoms with van der Waals surface area (Å²) in [4.78, 5) is 14.7. The van der Waals surface area contributed by atoms with Gasteiger partial charge in [0, 0.05) is 31.2 Å². The average molecular weight is 388 g/mol. The van der Waals surface area contributed by atoms with Gasteiger partial charge in [0.1, 0.15) is 35.0 Å². The topological polar surface area (TPSA) is 32.3 Å². The molecule has 0 saturated carbocycles. The molecule has 2 aromatic carbocycles. The normalized spacial score (nSPS) is 19.6. The Morgan fingerprint density at radius 2 is 1.46 bits per heavy atom. The van der Waals surface area contributed by atoms with E-state index in [-0.39, 0.29) is 24.0 Å². The zero-order valence-corrected chi connectivity index (χ0v) is 14.6. The van der Waals surface area contributed by atoms with E-state index in [9.17, 15) is 22.4 Å². The Hall–Kier alpha value is -3.09. The highest BCUT2D eigenvalue weighted by molar-refractivity contribution is 5.90. The third kappa shape index (κ3) is 3.06. The average Bonchev–Trinajstić information content (AvgIpc) is 2.92. The molecule has 4 rings (SSSR count). The molecule has 0 radical (unpaired) electrons. The van der Waals surface area contributed by atoms with Gasteiger partial charge in [0.25, 0.3) is 0 Å². The Morgan fingerprint density at radius 3 is 2.00 bits per heavy atom. The molecule has 144 valence electrons. The van der Waals surface area contributed by atoms with Crippen LogP contribution in [0.1, 0.15) is 11.1 Å². The highest BCUT2D eigenvalue weighted by Gasteiger charge is 2.52. The van der Waals surface area contributed by atoms with Gasteiger partial charge in [-0.05, 0) is 35.4 Å². The molecule has 1 fully saturated rings. The molecule has 1 amide bonds. The van der Waals surface area contributed by atoms with Gasteiger partial charge in [0.05, 0.1) is 0 Å². The Kier molecular flexibility index (Phi) is 4.45. The number of hydrogen-bond acceptors (Lipinski definition) is 2. The minimum atomic E-state index is -1.36. The molecule has 0 aromatic heterocycles. The molecule has 1 atom stereocenters. The summed E-state index contributed by atoms with van der Waals surface area (Å²) >= 11 is 0. The molecule has 1 unspecified atom stereocenters. The Morgan fingerprint density at radius 1 is 0.893 bits per heavy atom. The molecule has 1 N–H and O–H groups in total. The predicted octanol–water partition coefficient (Wildman–Crippen LogP) is 3.61. The number of carbonyl (C=O) groups excluding carboxylic acids is 1. The fourth-order valence-corrected chi connectivity index (χ4v) is 3.78. The fourth-order valence-electron chi connectivity index (χ4n) is 3.78. The molecular formula is C21H16F4N2O. The summed E-state index contributed by atoms with van der Waals surface area (Å²) in [7, 11) is 0. The second kappa shape index (κ2) is 6.82. The first-order valence-corrected chi connectivity index (χ1v) is 8.71. The number of hydrogen-bond donors (Lipinski definition) is 1. The lowest BCUT2D eigenvalue weighted by molar-refractivity contribution is -0.126. The van der Waals surface area contributed by atoms with Crippen molar-refractivity contribution in [1.82, 2.24) is 10.2 Å². The SMILES string of the molecule is O=C1NC2C=CC=CN2C1(Cc1ccc(F)cc1F)Cc1ccc(F)cc1F. The number of allylic oxidation sites excluding steroid dienone is 2. The van der Waals surface area contributed by atoms with Crippen molar-refractivity contribution in [2.24, 2.45) is 0 Å². The number of nitrogens with zero attached hydrogens (tertiary/aromatic N) is 1. The van der Waals surface area contributed by atoms with Crippen LogP contribution in [0.25, 0.3) is 0 Å². The van der Waals surface area contributed by atoms with Crippen LogP contribution in [0.15, 0.2) is 60.8 Å². The first-order valence-electron chi connectivity index (χ1n) is 8.71. The number of carbonyl (C=O) groups is 1. The molecule has 0 spiro atoms. The van der Waals surface area contributed by atoms with Gasteiger partial charge in [-0.15, -0.1) is 0 Å². The second-order valence-corrected chi connectivity index (χ2v) is 6.91. The lowest BCUT2D eigenvalue weighted by atomic mass is 9.82. The summed E-state index contributed by atoms with van der Waals surface area (Å²) in [6.45, 7) is 0. The van der Waals surface area contributed by atoms with Crippen molar-refractivity contribution in [2.45, 2.75) is 24.5 Å². The molecule has 2 aromatic rings. The van der Waals surface area contributed by atoms with E-state index < -0.39 is 40.9 Å². The van der Waals surface area contributed by atoms with Crippen LogP contribution in [-0.2, 0) is 17.6 Å². The monoisotopic (exact) mass is 388 g/mol. The van der Waals surface area contributed by atoms with Gasteiger partial charge >= 0.3 is 0 Å². The highest BCUT2D eigenvalue weighted by atomic mass is 19.1. The van der Waals surface area contributed by atoms with E-state index in [1.165, 1.54) is 12.1 Å². The van der Waals surface area contributed by atoms with Gasteiger partial charge < -0.3 is 10.2 Å².